The van der Waals surface area contributed by atoms with Gasteiger partial charge in [0.25, 0.3) is 0 Å². The van der Waals surface area contributed by atoms with Crippen molar-refractivity contribution < 1.29 is 9.53 Å². The van der Waals surface area contributed by atoms with Crippen molar-refractivity contribution in [2.75, 3.05) is 5.32 Å². The number of anilines is 1. The minimum absolute atomic E-state index is 0.496. The number of amides is 1. The van der Waals surface area contributed by atoms with Gasteiger partial charge in [-0.25, -0.2) is 4.79 Å². The molecular formula is C17H13NO2S. The number of carbonyl (C=O) groups excluding carboxylic acids is 1. The zero-order valence-corrected chi connectivity index (χ0v) is 12.0. The largest absolute Gasteiger partial charge is 0.417 e. The number of para-hydroxylation sites is 1. The first kappa shape index (κ1) is 13.4. The summed E-state index contributed by atoms with van der Waals surface area (Å²) in [6, 6.07) is 20.7. The lowest BCUT2D eigenvalue weighted by atomic mass is 10.1. The van der Waals surface area contributed by atoms with Gasteiger partial charge in [0.2, 0.25) is 0 Å². The molecule has 1 N–H and O–H groups in total. The molecule has 0 aliphatic heterocycles. The number of ether oxygens (including phenoxy) is 1. The van der Waals surface area contributed by atoms with E-state index in [1.165, 1.54) is 0 Å². The third-order valence-electron chi connectivity index (χ3n) is 2.87. The van der Waals surface area contributed by atoms with Crippen molar-refractivity contribution in [3.63, 3.8) is 0 Å². The van der Waals surface area contributed by atoms with Crippen LogP contribution in [-0.2, 0) is 0 Å². The highest BCUT2D eigenvalue weighted by Gasteiger charge is 2.06. The summed E-state index contributed by atoms with van der Waals surface area (Å²) in [5.41, 5.74) is 1.78. The van der Waals surface area contributed by atoms with Crippen molar-refractivity contribution >= 4 is 23.1 Å². The van der Waals surface area contributed by atoms with Crippen LogP contribution in [0.15, 0.2) is 72.1 Å². The molecule has 0 unspecified atom stereocenters. The molecule has 0 aliphatic carbocycles. The Morgan fingerprint density at radius 1 is 0.952 bits per heavy atom. The summed E-state index contributed by atoms with van der Waals surface area (Å²) in [5.74, 6) is 0.518. The van der Waals surface area contributed by atoms with Crippen molar-refractivity contribution in [3.8, 4) is 16.2 Å². The van der Waals surface area contributed by atoms with Crippen LogP contribution < -0.4 is 10.1 Å². The zero-order chi connectivity index (χ0) is 14.5. The normalized spacial score (nSPS) is 10.1. The van der Waals surface area contributed by atoms with Crippen LogP contribution in [0, 0.1) is 0 Å². The molecular weight excluding hydrogens is 282 g/mol. The van der Waals surface area contributed by atoms with Gasteiger partial charge in [0, 0.05) is 10.6 Å². The molecule has 3 rings (SSSR count). The number of rotatable bonds is 3. The van der Waals surface area contributed by atoms with E-state index in [0.717, 1.165) is 10.4 Å². The van der Waals surface area contributed by atoms with Gasteiger partial charge < -0.3 is 4.74 Å². The van der Waals surface area contributed by atoms with E-state index in [9.17, 15) is 4.79 Å². The van der Waals surface area contributed by atoms with E-state index in [2.05, 4.69) is 5.32 Å². The SMILES string of the molecule is O=C(Nc1cccc(-c2cccs2)c1)Oc1ccccc1. The fraction of sp³-hybridized carbons (Fsp3) is 0. The molecule has 21 heavy (non-hydrogen) atoms. The quantitative estimate of drug-likeness (QED) is 0.736. The highest BCUT2D eigenvalue weighted by Crippen LogP contribution is 2.26. The van der Waals surface area contributed by atoms with Crippen LogP contribution in [0.2, 0.25) is 0 Å². The van der Waals surface area contributed by atoms with Gasteiger partial charge in [-0.1, -0.05) is 36.4 Å². The van der Waals surface area contributed by atoms with E-state index in [4.69, 9.17) is 4.74 Å². The fourth-order valence-corrected chi connectivity index (χ4v) is 2.66. The smallest absolute Gasteiger partial charge is 0.410 e. The number of thiophene rings is 1. The topological polar surface area (TPSA) is 38.3 Å². The van der Waals surface area contributed by atoms with Gasteiger partial charge in [-0.05, 0) is 41.3 Å². The van der Waals surface area contributed by atoms with Crippen LogP contribution in [0.25, 0.3) is 10.4 Å². The summed E-state index contributed by atoms with van der Waals surface area (Å²) in [5, 5.41) is 4.76. The van der Waals surface area contributed by atoms with Crippen LogP contribution in [0.4, 0.5) is 10.5 Å². The van der Waals surface area contributed by atoms with Crippen LogP contribution >= 0.6 is 11.3 Å². The van der Waals surface area contributed by atoms with E-state index >= 15 is 0 Å². The van der Waals surface area contributed by atoms with E-state index in [0.29, 0.717) is 11.4 Å². The van der Waals surface area contributed by atoms with Gasteiger partial charge in [0.1, 0.15) is 5.75 Å². The molecule has 0 bridgehead atoms. The Morgan fingerprint density at radius 2 is 1.81 bits per heavy atom. The standard InChI is InChI=1S/C17H13NO2S/c19-17(20-15-8-2-1-3-9-15)18-14-7-4-6-13(12-14)16-10-5-11-21-16/h1-12H,(H,18,19). The Balaban J connectivity index is 1.70. The second kappa shape index (κ2) is 6.24. The van der Waals surface area contributed by atoms with Crippen molar-refractivity contribution in [2.24, 2.45) is 0 Å². The molecule has 1 heterocycles. The van der Waals surface area contributed by atoms with Gasteiger partial charge in [-0.15, -0.1) is 11.3 Å². The van der Waals surface area contributed by atoms with Gasteiger partial charge in [-0.2, -0.15) is 0 Å². The third kappa shape index (κ3) is 3.49. The summed E-state index contributed by atoms with van der Waals surface area (Å²) < 4.78 is 5.20. The summed E-state index contributed by atoms with van der Waals surface area (Å²) in [6.07, 6.45) is -0.496. The first-order valence-corrected chi connectivity index (χ1v) is 7.37. The zero-order valence-electron chi connectivity index (χ0n) is 11.2. The first-order chi connectivity index (χ1) is 10.3. The monoisotopic (exact) mass is 295 g/mol. The Morgan fingerprint density at radius 3 is 2.57 bits per heavy atom. The summed E-state index contributed by atoms with van der Waals surface area (Å²) >= 11 is 1.66. The molecule has 0 atom stereocenters. The average Bonchev–Trinajstić information content (AvgIpc) is 3.02. The Bertz CT molecular complexity index is 724. The van der Waals surface area contributed by atoms with Crippen molar-refractivity contribution in [2.45, 2.75) is 0 Å². The maximum atomic E-state index is 11.8. The van der Waals surface area contributed by atoms with Crippen LogP contribution in [-0.4, -0.2) is 6.09 Å². The van der Waals surface area contributed by atoms with E-state index in [1.807, 2.05) is 60.0 Å². The minimum atomic E-state index is -0.496. The lowest BCUT2D eigenvalue weighted by Gasteiger charge is -2.07. The number of carbonyl (C=O) groups is 1. The predicted octanol–water partition coefficient (Wildman–Crippen LogP) is 5.03. The van der Waals surface area contributed by atoms with Crippen molar-refractivity contribution in [1.82, 2.24) is 0 Å². The number of benzene rings is 2. The molecule has 3 aromatic rings. The van der Waals surface area contributed by atoms with E-state index in [-0.39, 0.29) is 0 Å². The van der Waals surface area contributed by atoms with Crippen LogP contribution in [0.5, 0.6) is 5.75 Å². The van der Waals surface area contributed by atoms with Gasteiger partial charge in [-0.3, -0.25) is 5.32 Å². The summed E-state index contributed by atoms with van der Waals surface area (Å²) in [7, 11) is 0. The maximum absolute atomic E-state index is 11.8. The lowest BCUT2D eigenvalue weighted by Crippen LogP contribution is -2.16. The second-order valence-electron chi connectivity index (χ2n) is 4.39. The van der Waals surface area contributed by atoms with Gasteiger partial charge in [0.15, 0.2) is 0 Å². The second-order valence-corrected chi connectivity index (χ2v) is 5.33. The molecule has 0 radical (unpaired) electrons. The predicted molar refractivity (Wildman–Crippen MR) is 85.8 cm³/mol. The molecule has 0 spiro atoms. The maximum Gasteiger partial charge on any atom is 0.417 e. The highest BCUT2D eigenvalue weighted by atomic mass is 32.1. The molecule has 0 saturated carbocycles. The average molecular weight is 295 g/mol. The molecule has 0 saturated heterocycles. The number of nitrogens with one attached hydrogen (secondary N) is 1. The Kier molecular flexibility index (Phi) is 3.98. The molecule has 2 aromatic carbocycles. The number of hydrogen-bond donors (Lipinski definition) is 1. The molecule has 104 valence electrons. The highest BCUT2D eigenvalue weighted by molar-refractivity contribution is 7.13. The summed E-state index contributed by atoms with van der Waals surface area (Å²) in [4.78, 5) is 13.0. The van der Waals surface area contributed by atoms with Crippen LogP contribution in [0.1, 0.15) is 0 Å². The Labute approximate surface area is 126 Å². The first-order valence-electron chi connectivity index (χ1n) is 6.49. The molecule has 0 aliphatic rings. The minimum Gasteiger partial charge on any atom is -0.410 e. The molecule has 4 heteroatoms. The Hall–Kier alpha value is -2.59. The van der Waals surface area contributed by atoms with E-state index < -0.39 is 6.09 Å². The molecule has 3 nitrogen and oxygen atoms in total. The van der Waals surface area contributed by atoms with Crippen molar-refractivity contribution in [1.29, 1.82) is 0 Å². The third-order valence-corrected chi connectivity index (χ3v) is 3.79. The summed E-state index contributed by atoms with van der Waals surface area (Å²) in [6.45, 7) is 0. The molecule has 0 fully saturated rings. The molecule has 1 aromatic heterocycles. The number of hydrogen-bond acceptors (Lipinski definition) is 3. The fourth-order valence-electron chi connectivity index (χ4n) is 1.93. The lowest BCUT2D eigenvalue weighted by molar-refractivity contribution is 0.215. The molecule has 1 amide bonds. The van der Waals surface area contributed by atoms with Crippen LogP contribution in [0.3, 0.4) is 0 Å². The van der Waals surface area contributed by atoms with Crippen molar-refractivity contribution in [3.05, 3.63) is 72.1 Å². The van der Waals surface area contributed by atoms with E-state index in [1.54, 1.807) is 23.5 Å². The van der Waals surface area contributed by atoms with Gasteiger partial charge in [0.05, 0.1) is 0 Å². The van der Waals surface area contributed by atoms with Gasteiger partial charge >= 0.3 is 6.09 Å².